The number of ether oxygens (including phenoxy) is 2. The quantitative estimate of drug-likeness (QED) is 0.128. The van der Waals surface area contributed by atoms with Crippen LogP contribution in [-0.4, -0.2) is 81.7 Å². The van der Waals surface area contributed by atoms with Crippen LogP contribution in [0.15, 0.2) is 47.1 Å². The smallest absolute Gasteiger partial charge is 0.408 e. The molecule has 6 N–H and O–H groups in total. The van der Waals surface area contributed by atoms with E-state index in [-0.39, 0.29) is 29.3 Å². The van der Waals surface area contributed by atoms with Gasteiger partial charge in [-0.2, -0.15) is 0 Å². The summed E-state index contributed by atoms with van der Waals surface area (Å²) in [6.07, 6.45) is 12.0. The van der Waals surface area contributed by atoms with Crippen LogP contribution in [0.4, 0.5) is 9.93 Å². The normalized spacial score (nSPS) is 20.6. The number of nitrogens with two attached hydrogens (primary N) is 1. The number of aliphatic carboxylic acids is 1. The average molecular weight is 823 g/mol. The summed E-state index contributed by atoms with van der Waals surface area (Å²) in [7, 11) is 1.62. The van der Waals surface area contributed by atoms with Crippen LogP contribution in [0.3, 0.4) is 0 Å². The van der Waals surface area contributed by atoms with Crippen molar-refractivity contribution in [1.29, 1.82) is 0 Å². The van der Waals surface area contributed by atoms with E-state index in [1.165, 1.54) is 30.6 Å². The second-order valence-electron chi connectivity index (χ2n) is 16.0. The van der Waals surface area contributed by atoms with Crippen LogP contribution in [0.1, 0.15) is 105 Å². The van der Waals surface area contributed by atoms with E-state index in [9.17, 15) is 24.0 Å². The number of rotatable bonds is 10. The van der Waals surface area contributed by atoms with Gasteiger partial charge in [0.15, 0.2) is 10.6 Å². The Kier molecular flexibility index (Phi) is 16.7. The van der Waals surface area contributed by atoms with Gasteiger partial charge in [-0.05, 0) is 81.3 Å². The number of aromatic amines is 1. The monoisotopic (exact) mass is 822 g/mol. The Morgan fingerprint density at radius 3 is 2.29 bits per heavy atom. The summed E-state index contributed by atoms with van der Waals surface area (Å²) < 4.78 is 10.7. The number of benzene rings is 1. The lowest BCUT2D eigenvalue weighted by atomic mass is 9.85. The van der Waals surface area contributed by atoms with Crippen molar-refractivity contribution in [2.75, 3.05) is 19.0 Å². The van der Waals surface area contributed by atoms with Gasteiger partial charge in [0.05, 0.1) is 29.9 Å². The van der Waals surface area contributed by atoms with Gasteiger partial charge in [0.1, 0.15) is 23.9 Å². The first kappa shape index (κ1) is 45.8. The van der Waals surface area contributed by atoms with E-state index in [1.807, 2.05) is 46.1 Å². The molecule has 7 rings (SSSR count). The largest absolute Gasteiger partial charge is 0.497 e. The molecule has 3 aromatic rings. The minimum absolute atomic E-state index is 0.0142. The number of fused-ring (bicyclic) bond motifs is 1. The predicted molar refractivity (Wildman–Crippen MR) is 228 cm³/mol. The van der Waals surface area contributed by atoms with Gasteiger partial charge in [-0.25, -0.2) is 9.78 Å². The maximum absolute atomic E-state index is 12.9. The minimum atomic E-state index is -0.758. The zero-order valence-corrected chi connectivity index (χ0v) is 35.6. The fourth-order valence-electron chi connectivity index (χ4n) is 7.41. The summed E-state index contributed by atoms with van der Waals surface area (Å²) in [5, 5.41) is 18.1. The minimum Gasteiger partial charge on any atom is -0.497 e. The number of hydrogen-bond acceptors (Lipinski definition) is 10. The fraction of sp³-hybridized carbons (Fsp3) is 0.581. The molecule has 3 aliphatic carbocycles. The van der Waals surface area contributed by atoms with Crippen molar-refractivity contribution in [3.8, 4) is 17.1 Å². The van der Waals surface area contributed by atoms with Crippen molar-refractivity contribution < 1.29 is 33.8 Å². The number of methoxy groups -OCH3 is 1. The molecule has 1 aliphatic heterocycles. The van der Waals surface area contributed by atoms with Crippen LogP contribution in [0.25, 0.3) is 22.3 Å². The number of carboxylic acid groups (broad SMARTS) is 1. The standard InChI is InChI=1S/C18H19N3O2S.C17H29N3O4.C6H8O2.C2H6/c1-23-12-6-7-13-14(8-12)20-15(9-17(13)22)16-10-24-18(21-16)19-11-4-2-3-5-11;1-17(2,3)13(19-16(23)24-11-7-4-5-8-11)15(22)20-10-6-9-12(20)14(18)21;1-2-4-3-5(4)6(7)8;1-2/h6-11H,2-5H2,1H3,(H,19,21)(H,20,22);11-13H,4-10H2,1-3H3,(H2,18,21)(H,19,23);2,4-5H,1,3H2,(H,7,8);1-2H3. The van der Waals surface area contributed by atoms with Crippen molar-refractivity contribution >= 4 is 51.2 Å². The maximum atomic E-state index is 12.9. The van der Waals surface area contributed by atoms with E-state index >= 15 is 0 Å². The summed E-state index contributed by atoms with van der Waals surface area (Å²) in [6, 6.07) is 6.22. The van der Waals surface area contributed by atoms with E-state index < -0.39 is 35.5 Å². The number of amides is 3. The number of carbonyl (C=O) groups is 4. The first-order valence-electron chi connectivity index (χ1n) is 20.5. The van der Waals surface area contributed by atoms with E-state index in [2.05, 4.69) is 27.2 Å². The Balaban J connectivity index is 0.000000208. The maximum Gasteiger partial charge on any atom is 0.408 e. The third-order valence-electron chi connectivity index (χ3n) is 10.8. The number of primary amides is 1. The highest BCUT2D eigenvalue weighted by atomic mass is 32.1. The zero-order valence-electron chi connectivity index (χ0n) is 34.8. The van der Waals surface area contributed by atoms with Gasteiger partial charge in [-0.15, -0.1) is 17.9 Å². The molecule has 3 saturated carbocycles. The Labute approximate surface area is 345 Å². The molecule has 4 atom stereocenters. The lowest BCUT2D eigenvalue weighted by Gasteiger charge is -2.35. The number of aromatic nitrogens is 2. The third kappa shape index (κ3) is 12.5. The molecule has 1 aromatic carbocycles. The molecule has 0 bridgehead atoms. The summed E-state index contributed by atoms with van der Waals surface area (Å²) in [4.78, 5) is 68.6. The molecule has 4 unspecified atom stereocenters. The Hall–Kier alpha value is -4.92. The fourth-order valence-corrected chi connectivity index (χ4v) is 8.20. The highest BCUT2D eigenvalue weighted by Crippen LogP contribution is 2.39. The molecule has 4 fully saturated rings. The number of allylic oxidation sites excluding steroid dienone is 1. The number of alkyl carbamates (subject to hydrolysis) is 1. The highest BCUT2D eigenvalue weighted by molar-refractivity contribution is 7.14. The molecule has 2 aromatic heterocycles. The Morgan fingerprint density at radius 1 is 1.05 bits per heavy atom. The van der Waals surface area contributed by atoms with Crippen molar-refractivity contribution in [1.82, 2.24) is 20.2 Å². The van der Waals surface area contributed by atoms with E-state index in [0.29, 0.717) is 24.4 Å². The number of carboxylic acids is 1. The van der Waals surface area contributed by atoms with Crippen LogP contribution < -0.4 is 26.5 Å². The number of anilines is 1. The van der Waals surface area contributed by atoms with Crippen molar-refractivity contribution in [2.45, 2.75) is 129 Å². The molecule has 0 radical (unpaired) electrons. The van der Waals surface area contributed by atoms with Gasteiger partial charge in [-0.1, -0.05) is 53.5 Å². The van der Waals surface area contributed by atoms with Gasteiger partial charge < -0.3 is 40.8 Å². The molecule has 1 saturated heterocycles. The molecule has 0 spiro atoms. The summed E-state index contributed by atoms with van der Waals surface area (Å²) >= 11 is 1.58. The van der Waals surface area contributed by atoms with Crippen LogP contribution in [0.5, 0.6) is 5.75 Å². The average Bonchev–Trinajstić information content (AvgIpc) is 3.78. The number of thiazole rings is 1. The summed E-state index contributed by atoms with van der Waals surface area (Å²) in [5.41, 5.74) is 7.17. The van der Waals surface area contributed by atoms with Crippen molar-refractivity contribution in [3.63, 3.8) is 0 Å². The molecule has 15 heteroatoms. The summed E-state index contributed by atoms with van der Waals surface area (Å²) in [5.74, 6) is -0.596. The van der Waals surface area contributed by atoms with E-state index in [0.717, 1.165) is 66.3 Å². The number of H-pyrrole nitrogens is 1. The highest BCUT2D eigenvalue weighted by Gasteiger charge is 2.42. The molecule has 4 aliphatic rings. The molecule has 3 heterocycles. The Bertz CT molecular complexity index is 1930. The number of likely N-dealkylation sites (tertiary alicyclic amines) is 1. The second-order valence-corrected chi connectivity index (χ2v) is 16.9. The Morgan fingerprint density at radius 2 is 1.72 bits per heavy atom. The van der Waals surface area contributed by atoms with Crippen LogP contribution in [0, 0.1) is 17.3 Å². The van der Waals surface area contributed by atoms with E-state index in [1.54, 1.807) is 42.7 Å². The molecular formula is C43H62N6O8S. The van der Waals surface area contributed by atoms with E-state index in [4.69, 9.17) is 20.3 Å². The van der Waals surface area contributed by atoms with Gasteiger partial charge in [0.25, 0.3) is 0 Å². The van der Waals surface area contributed by atoms with Crippen LogP contribution >= 0.6 is 11.3 Å². The lowest BCUT2D eigenvalue weighted by Crippen LogP contribution is -2.57. The lowest BCUT2D eigenvalue weighted by molar-refractivity contribution is -0.141. The van der Waals surface area contributed by atoms with Gasteiger partial charge in [0.2, 0.25) is 11.8 Å². The molecule has 14 nitrogen and oxygen atoms in total. The van der Waals surface area contributed by atoms with Crippen molar-refractivity contribution in [2.24, 2.45) is 23.0 Å². The van der Waals surface area contributed by atoms with Crippen molar-refractivity contribution in [3.05, 3.63) is 52.5 Å². The summed E-state index contributed by atoms with van der Waals surface area (Å²) in [6.45, 7) is 13.6. The molecule has 318 valence electrons. The number of hydrogen-bond donors (Lipinski definition) is 5. The van der Waals surface area contributed by atoms with Gasteiger partial charge in [-0.3, -0.25) is 19.2 Å². The van der Waals surface area contributed by atoms with Crippen LogP contribution in [-0.2, 0) is 19.1 Å². The molecule has 58 heavy (non-hydrogen) atoms. The number of nitrogens with zero attached hydrogens (tertiary/aromatic N) is 2. The molecule has 3 amide bonds. The number of pyridine rings is 1. The zero-order chi connectivity index (χ0) is 42.6. The predicted octanol–water partition coefficient (Wildman–Crippen LogP) is 7.48. The second kappa shape index (κ2) is 21.2. The first-order valence-corrected chi connectivity index (χ1v) is 21.4. The van der Waals surface area contributed by atoms with Crippen LogP contribution in [0.2, 0.25) is 0 Å². The number of nitrogens with one attached hydrogen (secondary N) is 3. The topological polar surface area (TPSA) is 206 Å². The molecular weight excluding hydrogens is 761 g/mol. The third-order valence-corrected chi connectivity index (χ3v) is 11.5. The van der Waals surface area contributed by atoms with Gasteiger partial charge >= 0.3 is 12.1 Å². The first-order chi connectivity index (χ1) is 27.7. The SMILES string of the molecule is C=CC1CC1C(=O)O.CC.CC(C)(C)C(NC(=O)OC1CCCC1)C(=O)N1CCCC1C(N)=O.COc1ccc2c(=O)cc(-c3csc(NC4CCCC4)n3)[nH]c2c1. The number of carbonyl (C=O) groups excluding carboxylic acids is 3. The van der Waals surface area contributed by atoms with Gasteiger partial charge in [0, 0.05) is 35.5 Å².